The first-order valence-electron chi connectivity index (χ1n) is 4.09. The molecule has 0 fully saturated rings. The lowest BCUT2D eigenvalue weighted by atomic mass is 10.1. The van der Waals surface area contributed by atoms with Gasteiger partial charge >= 0.3 is 0 Å². The fourth-order valence-corrected chi connectivity index (χ4v) is 1.06. The van der Waals surface area contributed by atoms with Crippen molar-refractivity contribution in [2.75, 3.05) is 6.61 Å². The van der Waals surface area contributed by atoms with Crippen molar-refractivity contribution in [3.05, 3.63) is 30.1 Å². The number of aliphatic hydroxyl groups excluding tert-OH is 1. The highest BCUT2D eigenvalue weighted by atomic mass is 16.3. The molecule has 0 radical (unpaired) electrons. The number of nitrogens with two attached hydrogens (primary N) is 1. The zero-order valence-electron chi connectivity index (χ0n) is 6.98. The van der Waals surface area contributed by atoms with Crippen molar-refractivity contribution in [1.82, 2.24) is 4.98 Å². The zero-order chi connectivity index (χ0) is 8.81. The summed E-state index contributed by atoms with van der Waals surface area (Å²) in [5, 5.41) is 8.61. The maximum absolute atomic E-state index is 8.61. The minimum atomic E-state index is 0.0184. The molecular formula is C9H14N2O. The molecule has 0 aliphatic rings. The van der Waals surface area contributed by atoms with Crippen LogP contribution < -0.4 is 5.73 Å². The van der Waals surface area contributed by atoms with Gasteiger partial charge in [-0.2, -0.15) is 0 Å². The van der Waals surface area contributed by atoms with Crippen LogP contribution in [0.25, 0.3) is 0 Å². The first-order valence-corrected chi connectivity index (χ1v) is 4.09. The number of nitrogens with zero attached hydrogens (tertiary/aromatic N) is 1. The maximum atomic E-state index is 8.61. The van der Waals surface area contributed by atoms with E-state index in [0.717, 1.165) is 12.1 Å². The molecule has 0 amide bonds. The largest absolute Gasteiger partial charge is 0.396 e. The molecule has 0 aromatic carbocycles. The van der Waals surface area contributed by atoms with Gasteiger partial charge in [-0.25, -0.2) is 0 Å². The Balaban J connectivity index is 2.41. The molecular weight excluding hydrogens is 152 g/mol. The number of aliphatic hydroxyl groups is 1. The molecule has 0 bridgehead atoms. The van der Waals surface area contributed by atoms with Crippen LogP contribution in [0.2, 0.25) is 0 Å². The van der Waals surface area contributed by atoms with E-state index in [-0.39, 0.29) is 12.6 Å². The van der Waals surface area contributed by atoms with E-state index in [4.69, 9.17) is 10.8 Å². The fourth-order valence-electron chi connectivity index (χ4n) is 1.06. The molecule has 1 heterocycles. The maximum Gasteiger partial charge on any atom is 0.0445 e. The smallest absolute Gasteiger partial charge is 0.0445 e. The number of hydrogen-bond acceptors (Lipinski definition) is 3. The van der Waals surface area contributed by atoms with Gasteiger partial charge in [0.05, 0.1) is 0 Å². The summed E-state index contributed by atoms with van der Waals surface area (Å²) in [6.07, 6.45) is 3.12. The van der Waals surface area contributed by atoms with Crippen molar-refractivity contribution in [3.63, 3.8) is 0 Å². The van der Waals surface area contributed by atoms with Gasteiger partial charge in [-0.05, 0) is 18.6 Å². The molecule has 0 unspecified atom stereocenters. The standard InChI is InChI=1S/C9H14N2O/c10-8(4-6-12)7-9-3-1-2-5-11-9/h1-3,5,8,12H,4,6-7,10H2/t8-/m1/s1. The highest BCUT2D eigenvalue weighted by Crippen LogP contribution is 1.99. The Morgan fingerprint density at radius 2 is 2.33 bits per heavy atom. The molecule has 3 nitrogen and oxygen atoms in total. The van der Waals surface area contributed by atoms with Crippen LogP contribution in [0.3, 0.4) is 0 Å². The van der Waals surface area contributed by atoms with Crippen molar-refractivity contribution in [2.45, 2.75) is 18.9 Å². The Bertz CT molecular complexity index is 213. The van der Waals surface area contributed by atoms with Crippen LogP contribution in [0.5, 0.6) is 0 Å². The second kappa shape index (κ2) is 4.85. The lowest BCUT2D eigenvalue weighted by Gasteiger charge is -2.07. The number of aromatic nitrogens is 1. The summed E-state index contributed by atoms with van der Waals surface area (Å²) < 4.78 is 0. The van der Waals surface area contributed by atoms with Gasteiger partial charge in [-0.15, -0.1) is 0 Å². The fraction of sp³-hybridized carbons (Fsp3) is 0.444. The number of pyridine rings is 1. The van der Waals surface area contributed by atoms with Gasteiger partial charge in [0.25, 0.3) is 0 Å². The molecule has 0 saturated carbocycles. The van der Waals surface area contributed by atoms with Crippen molar-refractivity contribution < 1.29 is 5.11 Å². The number of hydrogen-bond donors (Lipinski definition) is 2. The van der Waals surface area contributed by atoms with E-state index < -0.39 is 0 Å². The Hall–Kier alpha value is -0.930. The van der Waals surface area contributed by atoms with E-state index in [1.54, 1.807) is 6.20 Å². The van der Waals surface area contributed by atoms with Crippen LogP contribution >= 0.6 is 0 Å². The van der Waals surface area contributed by atoms with E-state index in [9.17, 15) is 0 Å². The normalized spacial score (nSPS) is 12.8. The van der Waals surface area contributed by atoms with Crippen molar-refractivity contribution in [1.29, 1.82) is 0 Å². The molecule has 3 heteroatoms. The van der Waals surface area contributed by atoms with E-state index in [1.807, 2.05) is 18.2 Å². The molecule has 1 aromatic heterocycles. The van der Waals surface area contributed by atoms with Crippen molar-refractivity contribution >= 4 is 0 Å². The van der Waals surface area contributed by atoms with Crippen molar-refractivity contribution in [3.8, 4) is 0 Å². The Morgan fingerprint density at radius 1 is 1.50 bits per heavy atom. The van der Waals surface area contributed by atoms with Crippen LogP contribution in [-0.4, -0.2) is 22.7 Å². The van der Waals surface area contributed by atoms with Gasteiger partial charge in [0.1, 0.15) is 0 Å². The third-order valence-electron chi connectivity index (χ3n) is 1.70. The zero-order valence-corrected chi connectivity index (χ0v) is 6.98. The second-order valence-electron chi connectivity index (χ2n) is 2.80. The van der Waals surface area contributed by atoms with E-state index in [0.29, 0.717) is 6.42 Å². The highest BCUT2D eigenvalue weighted by molar-refractivity contribution is 5.04. The molecule has 0 spiro atoms. The lowest BCUT2D eigenvalue weighted by Crippen LogP contribution is -2.24. The first kappa shape index (κ1) is 9.16. The SMILES string of the molecule is N[C@H](CCO)Cc1ccccn1. The molecule has 0 aliphatic heterocycles. The minimum Gasteiger partial charge on any atom is -0.396 e. The summed E-state index contributed by atoms with van der Waals surface area (Å²) in [6, 6.07) is 5.77. The average Bonchev–Trinajstić information content (AvgIpc) is 2.06. The average molecular weight is 166 g/mol. The van der Waals surface area contributed by atoms with Gasteiger partial charge in [-0.1, -0.05) is 6.07 Å². The van der Waals surface area contributed by atoms with Gasteiger partial charge in [0.15, 0.2) is 0 Å². The van der Waals surface area contributed by atoms with Crippen LogP contribution in [-0.2, 0) is 6.42 Å². The van der Waals surface area contributed by atoms with Crippen molar-refractivity contribution in [2.24, 2.45) is 5.73 Å². The van der Waals surface area contributed by atoms with Crippen LogP contribution in [0.4, 0.5) is 0 Å². The second-order valence-corrected chi connectivity index (χ2v) is 2.80. The van der Waals surface area contributed by atoms with Gasteiger partial charge < -0.3 is 10.8 Å². The summed E-state index contributed by atoms with van der Waals surface area (Å²) in [5.41, 5.74) is 6.70. The number of rotatable bonds is 4. The molecule has 1 atom stereocenters. The van der Waals surface area contributed by atoms with E-state index >= 15 is 0 Å². The summed E-state index contributed by atoms with van der Waals surface area (Å²) >= 11 is 0. The molecule has 66 valence electrons. The van der Waals surface area contributed by atoms with Crippen LogP contribution in [0.15, 0.2) is 24.4 Å². The summed E-state index contributed by atoms with van der Waals surface area (Å²) in [6.45, 7) is 0.147. The monoisotopic (exact) mass is 166 g/mol. The molecule has 12 heavy (non-hydrogen) atoms. The van der Waals surface area contributed by atoms with Gasteiger partial charge in [-0.3, -0.25) is 4.98 Å². The topological polar surface area (TPSA) is 59.1 Å². The summed E-state index contributed by atoms with van der Waals surface area (Å²) in [4.78, 5) is 4.14. The van der Waals surface area contributed by atoms with Crippen LogP contribution in [0.1, 0.15) is 12.1 Å². The molecule has 0 aliphatic carbocycles. The Morgan fingerprint density at radius 3 is 2.92 bits per heavy atom. The molecule has 1 rings (SSSR count). The molecule has 3 N–H and O–H groups in total. The van der Waals surface area contributed by atoms with E-state index in [2.05, 4.69) is 4.98 Å². The third kappa shape index (κ3) is 2.98. The molecule has 1 aromatic rings. The quantitative estimate of drug-likeness (QED) is 0.677. The third-order valence-corrected chi connectivity index (χ3v) is 1.70. The predicted molar refractivity (Wildman–Crippen MR) is 47.6 cm³/mol. The first-order chi connectivity index (χ1) is 5.83. The lowest BCUT2D eigenvalue weighted by molar-refractivity contribution is 0.275. The van der Waals surface area contributed by atoms with E-state index in [1.165, 1.54) is 0 Å². The minimum absolute atomic E-state index is 0.0184. The summed E-state index contributed by atoms with van der Waals surface area (Å²) in [7, 11) is 0. The Kier molecular flexibility index (Phi) is 3.70. The summed E-state index contributed by atoms with van der Waals surface area (Å²) in [5.74, 6) is 0. The van der Waals surface area contributed by atoms with Crippen LogP contribution in [0, 0.1) is 0 Å². The van der Waals surface area contributed by atoms with Gasteiger partial charge in [0, 0.05) is 31.0 Å². The predicted octanol–water partition coefficient (Wildman–Crippen LogP) is 0.334. The van der Waals surface area contributed by atoms with Gasteiger partial charge in [0.2, 0.25) is 0 Å². The highest BCUT2D eigenvalue weighted by Gasteiger charge is 2.02. The molecule has 0 saturated heterocycles. The Labute approximate surface area is 72.2 Å².